The highest BCUT2D eigenvalue weighted by atomic mass is 32.2. The highest BCUT2D eigenvalue weighted by Crippen LogP contribution is 2.31. The molecule has 0 saturated heterocycles. The Hall–Kier alpha value is -2.89. The molecule has 0 unspecified atom stereocenters. The average molecular weight is 449 g/mol. The first kappa shape index (κ1) is 22.8. The molecule has 0 aliphatic carbocycles. The second-order valence-corrected chi connectivity index (χ2v) is 9.18. The van der Waals surface area contributed by atoms with Crippen molar-refractivity contribution >= 4 is 33.8 Å². The molecule has 3 aromatic carbocycles. The fraction of sp³-hybridized carbons (Fsp3) is 0.0769. The van der Waals surface area contributed by atoms with E-state index < -0.39 is 0 Å². The van der Waals surface area contributed by atoms with Crippen LogP contribution in [0.15, 0.2) is 101 Å². The van der Waals surface area contributed by atoms with Crippen molar-refractivity contribution in [1.82, 2.24) is 0 Å². The average Bonchev–Trinajstić information content (AvgIpc) is 2.74. The van der Waals surface area contributed by atoms with Gasteiger partial charge in [0.15, 0.2) is 0 Å². The van der Waals surface area contributed by atoms with Gasteiger partial charge in [0.1, 0.15) is 5.82 Å². The lowest BCUT2D eigenvalue weighted by Gasteiger charge is -2.09. The quantitative estimate of drug-likeness (QED) is 0.288. The summed E-state index contributed by atoms with van der Waals surface area (Å²) in [7, 11) is 0. The van der Waals surface area contributed by atoms with Gasteiger partial charge in [0, 0.05) is 15.4 Å². The highest BCUT2D eigenvalue weighted by molar-refractivity contribution is 8.14. The van der Waals surface area contributed by atoms with Crippen molar-refractivity contribution < 1.29 is 14.0 Å². The summed E-state index contributed by atoms with van der Waals surface area (Å²) in [4.78, 5) is 25.2. The minimum absolute atomic E-state index is 0.0726. The number of carbonyl (C=O) groups is 2. The molecular weight excluding hydrogens is 427 g/mol. The maximum Gasteiger partial charge on any atom is 0.219 e. The van der Waals surface area contributed by atoms with E-state index in [1.807, 2.05) is 30.3 Å². The maximum atomic E-state index is 14.8. The van der Waals surface area contributed by atoms with Crippen LogP contribution in [0.1, 0.15) is 13.8 Å². The van der Waals surface area contributed by atoms with Crippen LogP contribution in [0.3, 0.4) is 0 Å². The first-order valence-corrected chi connectivity index (χ1v) is 11.1. The Labute approximate surface area is 190 Å². The second-order valence-electron chi connectivity index (χ2n) is 7.08. The van der Waals surface area contributed by atoms with Crippen LogP contribution in [0.5, 0.6) is 0 Å². The van der Waals surface area contributed by atoms with Crippen molar-refractivity contribution in [2.24, 2.45) is 0 Å². The lowest BCUT2D eigenvalue weighted by Crippen LogP contribution is -1.91. The zero-order valence-electron chi connectivity index (χ0n) is 17.3. The van der Waals surface area contributed by atoms with Crippen molar-refractivity contribution in [3.8, 4) is 22.3 Å². The Balaban J connectivity index is 1.77. The third-order valence-electron chi connectivity index (χ3n) is 4.44. The SMILES string of the molecule is C=C(C)C(=O)Sc1ccc(-c2ccc(-c3ccc(SC(=O)C(=C)C)cc3)c(F)c2)cc1. The fourth-order valence-corrected chi connectivity index (χ4v) is 4.06. The third kappa shape index (κ3) is 5.84. The predicted octanol–water partition coefficient (Wildman–Crippen LogP) is 7.55. The zero-order chi connectivity index (χ0) is 22.5. The van der Waals surface area contributed by atoms with E-state index >= 15 is 0 Å². The molecule has 31 heavy (non-hydrogen) atoms. The van der Waals surface area contributed by atoms with E-state index in [0.717, 1.165) is 50.0 Å². The first-order valence-electron chi connectivity index (χ1n) is 9.50. The molecule has 0 bridgehead atoms. The summed E-state index contributed by atoms with van der Waals surface area (Å²) in [5.74, 6) is -0.327. The number of hydrogen-bond acceptors (Lipinski definition) is 4. The number of halogens is 1. The van der Waals surface area contributed by atoms with Gasteiger partial charge in [0.2, 0.25) is 10.2 Å². The Morgan fingerprint density at radius 2 is 1.10 bits per heavy atom. The Morgan fingerprint density at radius 3 is 1.52 bits per heavy atom. The van der Waals surface area contributed by atoms with Gasteiger partial charge < -0.3 is 0 Å². The molecule has 0 amide bonds. The molecule has 0 aliphatic heterocycles. The first-order chi connectivity index (χ1) is 14.7. The Bertz CT molecular complexity index is 1160. The smallest absolute Gasteiger partial charge is 0.219 e. The van der Waals surface area contributed by atoms with Crippen LogP contribution in [0.4, 0.5) is 4.39 Å². The van der Waals surface area contributed by atoms with Gasteiger partial charge in [-0.1, -0.05) is 49.6 Å². The fourth-order valence-electron chi connectivity index (χ4n) is 2.74. The summed E-state index contributed by atoms with van der Waals surface area (Å²) in [6.45, 7) is 10.7. The van der Waals surface area contributed by atoms with E-state index in [0.29, 0.717) is 16.7 Å². The van der Waals surface area contributed by atoms with Crippen molar-refractivity contribution in [2.45, 2.75) is 23.6 Å². The van der Waals surface area contributed by atoms with Gasteiger partial charge in [-0.3, -0.25) is 9.59 Å². The molecule has 156 valence electrons. The highest BCUT2D eigenvalue weighted by Gasteiger charge is 2.10. The van der Waals surface area contributed by atoms with Crippen LogP contribution in [-0.4, -0.2) is 10.2 Å². The maximum absolute atomic E-state index is 14.8. The summed E-state index contributed by atoms with van der Waals surface area (Å²) in [6, 6.07) is 19.8. The van der Waals surface area contributed by atoms with Gasteiger partial charge >= 0.3 is 0 Å². The second kappa shape index (κ2) is 9.94. The lowest BCUT2D eigenvalue weighted by atomic mass is 10.00. The molecule has 0 fully saturated rings. The summed E-state index contributed by atoms with van der Waals surface area (Å²) in [6.07, 6.45) is 0. The van der Waals surface area contributed by atoms with Crippen LogP contribution in [0.2, 0.25) is 0 Å². The van der Waals surface area contributed by atoms with Crippen LogP contribution in [-0.2, 0) is 9.59 Å². The topological polar surface area (TPSA) is 34.1 Å². The molecular formula is C26H21FO2S2. The molecule has 0 saturated carbocycles. The molecule has 3 aromatic rings. The number of benzene rings is 3. The van der Waals surface area contributed by atoms with Crippen molar-refractivity contribution in [2.75, 3.05) is 0 Å². The minimum atomic E-state index is -0.327. The molecule has 0 aromatic heterocycles. The monoisotopic (exact) mass is 448 g/mol. The van der Waals surface area contributed by atoms with Gasteiger partial charge in [0.05, 0.1) is 0 Å². The van der Waals surface area contributed by atoms with Gasteiger partial charge in [0.25, 0.3) is 0 Å². The molecule has 0 heterocycles. The molecule has 0 N–H and O–H groups in total. The Morgan fingerprint density at radius 1 is 0.677 bits per heavy atom. The van der Waals surface area contributed by atoms with E-state index in [9.17, 15) is 14.0 Å². The molecule has 3 rings (SSSR count). The molecule has 2 nitrogen and oxygen atoms in total. The van der Waals surface area contributed by atoms with Crippen molar-refractivity contribution in [3.05, 3.63) is 96.9 Å². The van der Waals surface area contributed by atoms with E-state index in [-0.39, 0.29) is 16.0 Å². The normalized spacial score (nSPS) is 10.5. The summed E-state index contributed by atoms with van der Waals surface area (Å²) < 4.78 is 14.8. The molecule has 0 radical (unpaired) electrons. The van der Waals surface area contributed by atoms with Crippen molar-refractivity contribution in [1.29, 1.82) is 0 Å². The molecule has 0 spiro atoms. The molecule has 0 atom stereocenters. The van der Waals surface area contributed by atoms with Gasteiger partial charge in [-0.25, -0.2) is 4.39 Å². The number of rotatable bonds is 6. The molecule has 5 heteroatoms. The summed E-state index contributed by atoms with van der Waals surface area (Å²) >= 11 is 2.23. The van der Waals surface area contributed by atoms with Gasteiger partial charge in [-0.2, -0.15) is 0 Å². The van der Waals surface area contributed by atoms with Gasteiger partial charge in [-0.05, 0) is 95.5 Å². The number of thioether (sulfide) groups is 2. The number of carbonyl (C=O) groups excluding carboxylic acids is 2. The molecule has 0 aliphatic rings. The minimum Gasteiger partial charge on any atom is -0.282 e. The van der Waals surface area contributed by atoms with E-state index in [2.05, 4.69) is 13.2 Å². The number of hydrogen-bond donors (Lipinski definition) is 0. The summed E-state index contributed by atoms with van der Waals surface area (Å²) in [5, 5.41) is -0.159. The van der Waals surface area contributed by atoms with E-state index in [1.165, 1.54) is 6.07 Å². The lowest BCUT2D eigenvalue weighted by molar-refractivity contribution is -0.108. The van der Waals surface area contributed by atoms with Crippen molar-refractivity contribution in [3.63, 3.8) is 0 Å². The standard InChI is InChI=1S/C26H21FO2S2/c1-16(2)25(28)30-21-10-5-18(6-11-21)20-9-14-23(24(27)15-20)19-7-12-22(13-8-19)31-26(29)17(3)4/h5-15H,1,3H2,2,4H3. The van der Waals surface area contributed by atoms with Gasteiger partial charge in [-0.15, -0.1) is 0 Å². The van der Waals surface area contributed by atoms with Crippen LogP contribution < -0.4 is 0 Å². The Kier molecular flexibility index (Phi) is 7.31. The largest absolute Gasteiger partial charge is 0.282 e. The summed E-state index contributed by atoms with van der Waals surface area (Å²) in [5.41, 5.74) is 3.84. The third-order valence-corrected chi connectivity index (χ3v) is 6.52. The van der Waals surface area contributed by atoms with E-state index in [4.69, 9.17) is 0 Å². The zero-order valence-corrected chi connectivity index (χ0v) is 18.9. The van der Waals surface area contributed by atoms with E-state index in [1.54, 1.807) is 44.2 Å². The predicted molar refractivity (Wildman–Crippen MR) is 129 cm³/mol. The van der Waals surface area contributed by atoms with Crippen LogP contribution in [0.25, 0.3) is 22.3 Å². The van der Waals surface area contributed by atoms with Crippen LogP contribution >= 0.6 is 23.5 Å². The van der Waals surface area contributed by atoms with Crippen LogP contribution in [0, 0.1) is 5.82 Å².